The van der Waals surface area contributed by atoms with E-state index in [0.29, 0.717) is 24.2 Å². The first-order valence-corrected chi connectivity index (χ1v) is 8.41. The molecule has 2 saturated carbocycles. The average molecular weight is 311 g/mol. The van der Waals surface area contributed by atoms with Gasteiger partial charge in [0.05, 0.1) is 6.42 Å². The van der Waals surface area contributed by atoms with Gasteiger partial charge in [0, 0.05) is 12.5 Å². The van der Waals surface area contributed by atoms with E-state index in [1.165, 1.54) is 25.7 Å². The predicted octanol–water partition coefficient (Wildman–Crippen LogP) is 2.83. The van der Waals surface area contributed by atoms with Crippen LogP contribution in [0.4, 0.5) is 0 Å². The van der Waals surface area contributed by atoms with Crippen molar-refractivity contribution in [3.8, 4) is 0 Å². The van der Waals surface area contributed by atoms with Gasteiger partial charge in [-0.3, -0.25) is 4.79 Å². The topological polar surface area (TPSA) is 68.0 Å². The van der Waals surface area contributed by atoms with Gasteiger partial charge in [0.2, 0.25) is 11.8 Å². The van der Waals surface area contributed by atoms with Crippen molar-refractivity contribution in [1.82, 2.24) is 15.5 Å². The minimum absolute atomic E-state index is 0.0749. The highest BCUT2D eigenvalue weighted by Crippen LogP contribution is 2.52. The molecule has 1 amide bonds. The number of nitrogens with one attached hydrogen (secondary N) is 1. The Bertz CT molecular complexity index is 683. The molecule has 2 aliphatic carbocycles. The molecule has 0 radical (unpaired) electrons. The van der Waals surface area contributed by atoms with Crippen LogP contribution in [0.5, 0.6) is 0 Å². The van der Waals surface area contributed by atoms with Crippen molar-refractivity contribution in [2.75, 3.05) is 0 Å². The second-order valence-corrected chi connectivity index (χ2v) is 6.77. The molecule has 3 atom stereocenters. The van der Waals surface area contributed by atoms with Crippen LogP contribution in [0.25, 0.3) is 0 Å². The molecule has 3 unspecified atom stereocenters. The summed E-state index contributed by atoms with van der Waals surface area (Å²) >= 11 is 0. The number of rotatable bonds is 5. The van der Waals surface area contributed by atoms with E-state index >= 15 is 0 Å². The van der Waals surface area contributed by atoms with Crippen molar-refractivity contribution in [1.29, 1.82) is 0 Å². The fourth-order valence-corrected chi connectivity index (χ4v) is 4.04. The van der Waals surface area contributed by atoms with Crippen molar-refractivity contribution in [2.45, 2.75) is 44.6 Å². The van der Waals surface area contributed by atoms with Gasteiger partial charge in [-0.1, -0.05) is 41.9 Å². The third-order valence-electron chi connectivity index (χ3n) is 5.19. The number of nitrogens with zero attached hydrogens (tertiary/aromatic N) is 2. The minimum atomic E-state index is -0.0749. The average Bonchev–Trinajstić information content (AvgIpc) is 3.30. The van der Waals surface area contributed by atoms with E-state index in [0.717, 1.165) is 17.4 Å². The number of amides is 1. The monoisotopic (exact) mass is 311 g/mol. The van der Waals surface area contributed by atoms with E-state index in [9.17, 15) is 4.79 Å². The highest BCUT2D eigenvalue weighted by molar-refractivity contribution is 5.77. The lowest BCUT2D eigenvalue weighted by molar-refractivity contribution is -0.120. The molecule has 4 rings (SSSR count). The van der Waals surface area contributed by atoms with Crippen molar-refractivity contribution in [2.24, 2.45) is 11.8 Å². The van der Waals surface area contributed by atoms with Crippen LogP contribution in [-0.4, -0.2) is 16.0 Å². The summed E-state index contributed by atoms with van der Waals surface area (Å²) in [6.07, 6.45) is 5.29. The second kappa shape index (κ2) is 6.14. The zero-order valence-corrected chi connectivity index (χ0v) is 13.1. The molecule has 5 nitrogen and oxygen atoms in total. The van der Waals surface area contributed by atoms with Gasteiger partial charge in [0.25, 0.3) is 0 Å². The Hall–Kier alpha value is -2.17. The molecule has 1 aromatic carbocycles. The molecular formula is C18H21N3O2. The van der Waals surface area contributed by atoms with E-state index in [2.05, 4.69) is 15.5 Å². The smallest absolute Gasteiger partial charge is 0.230 e. The molecule has 1 aromatic heterocycles. The van der Waals surface area contributed by atoms with E-state index in [-0.39, 0.29) is 12.3 Å². The maximum Gasteiger partial charge on any atom is 0.230 e. The molecule has 2 bridgehead atoms. The normalized spacial score (nSPS) is 25.7. The molecule has 2 aliphatic rings. The summed E-state index contributed by atoms with van der Waals surface area (Å²) in [5.74, 6) is 3.13. The van der Waals surface area contributed by atoms with Crippen LogP contribution in [0.1, 0.15) is 48.9 Å². The van der Waals surface area contributed by atoms with Crippen LogP contribution >= 0.6 is 0 Å². The third-order valence-corrected chi connectivity index (χ3v) is 5.19. The molecule has 120 valence electrons. The Morgan fingerprint density at radius 3 is 2.83 bits per heavy atom. The SMILES string of the molecule is O=C(Cc1noc(C2CC3CCC2C3)n1)NCc1ccccc1. The third kappa shape index (κ3) is 3.14. The second-order valence-electron chi connectivity index (χ2n) is 6.77. The molecule has 0 saturated heterocycles. The molecule has 1 N–H and O–H groups in total. The molecule has 23 heavy (non-hydrogen) atoms. The Morgan fingerprint density at radius 1 is 1.22 bits per heavy atom. The molecule has 0 aliphatic heterocycles. The van der Waals surface area contributed by atoms with Crippen molar-refractivity contribution >= 4 is 5.91 Å². The van der Waals surface area contributed by atoms with Crippen LogP contribution in [-0.2, 0) is 17.8 Å². The summed E-state index contributed by atoms with van der Waals surface area (Å²) in [6.45, 7) is 0.525. The Morgan fingerprint density at radius 2 is 2.09 bits per heavy atom. The number of benzene rings is 1. The standard InChI is InChI=1S/C18H21N3O2/c22-17(19-11-12-4-2-1-3-5-12)10-16-20-18(23-21-16)15-9-13-6-7-14(15)8-13/h1-5,13-15H,6-11H2,(H,19,22). The Labute approximate surface area is 135 Å². The summed E-state index contributed by atoms with van der Waals surface area (Å²) in [5, 5.41) is 6.89. The fourth-order valence-electron chi connectivity index (χ4n) is 4.04. The number of carbonyl (C=O) groups excluding carboxylic acids is 1. The van der Waals surface area contributed by atoms with Crippen LogP contribution < -0.4 is 5.32 Å². The van der Waals surface area contributed by atoms with Gasteiger partial charge in [-0.25, -0.2) is 0 Å². The summed E-state index contributed by atoms with van der Waals surface area (Å²) in [7, 11) is 0. The number of carbonyl (C=O) groups is 1. The van der Waals surface area contributed by atoms with Gasteiger partial charge >= 0.3 is 0 Å². The van der Waals surface area contributed by atoms with Gasteiger partial charge in [-0.2, -0.15) is 4.98 Å². The molecule has 2 fully saturated rings. The molecule has 1 heterocycles. The number of hydrogen-bond acceptors (Lipinski definition) is 4. The molecular weight excluding hydrogens is 290 g/mol. The first-order valence-electron chi connectivity index (χ1n) is 8.41. The Kier molecular flexibility index (Phi) is 3.85. The highest BCUT2D eigenvalue weighted by Gasteiger charge is 2.42. The van der Waals surface area contributed by atoms with Crippen LogP contribution in [0.15, 0.2) is 34.9 Å². The predicted molar refractivity (Wildman–Crippen MR) is 84.5 cm³/mol. The van der Waals surface area contributed by atoms with Gasteiger partial charge in [0.15, 0.2) is 5.82 Å². The summed E-state index contributed by atoms with van der Waals surface area (Å²) < 4.78 is 5.42. The first-order chi connectivity index (χ1) is 11.3. The van der Waals surface area contributed by atoms with Crippen LogP contribution in [0.3, 0.4) is 0 Å². The maximum atomic E-state index is 12.0. The summed E-state index contributed by atoms with van der Waals surface area (Å²) in [6, 6.07) is 9.86. The van der Waals surface area contributed by atoms with Gasteiger partial charge in [0.1, 0.15) is 0 Å². The zero-order chi connectivity index (χ0) is 15.6. The highest BCUT2D eigenvalue weighted by atomic mass is 16.5. The van der Waals surface area contributed by atoms with Crippen LogP contribution in [0, 0.1) is 11.8 Å². The quantitative estimate of drug-likeness (QED) is 0.922. The van der Waals surface area contributed by atoms with E-state index in [4.69, 9.17) is 4.52 Å². The molecule has 5 heteroatoms. The van der Waals surface area contributed by atoms with Crippen LogP contribution in [0.2, 0.25) is 0 Å². The Balaban J connectivity index is 1.32. The van der Waals surface area contributed by atoms with Gasteiger partial charge in [-0.15, -0.1) is 0 Å². The van der Waals surface area contributed by atoms with Crippen molar-refractivity contribution in [3.63, 3.8) is 0 Å². The number of aromatic nitrogens is 2. The van der Waals surface area contributed by atoms with Gasteiger partial charge < -0.3 is 9.84 Å². The van der Waals surface area contributed by atoms with E-state index < -0.39 is 0 Å². The number of hydrogen-bond donors (Lipinski definition) is 1. The summed E-state index contributed by atoms with van der Waals surface area (Å²) in [4.78, 5) is 16.5. The zero-order valence-electron chi connectivity index (χ0n) is 13.1. The maximum absolute atomic E-state index is 12.0. The lowest BCUT2D eigenvalue weighted by Crippen LogP contribution is -2.25. The number of fused-ring (bicyclic) bond motifs is 2. The van der Waals surface area contributed by atoms with E-state index in [1.54, 1.807) is 0 Å². The molecule has 0 spiro atoms. The lowest BCUT2D eigenvalue weighted by atomic mass is 9.89. The van der Waals surface area contributed by atoms with E-state index in [1.807, 2.05) is 30.3 Å². The van der Waals surface area contributed by atoms with Gasteiger partial charge in [-0.05, 0) is 36.7 Å². The van der Waals surface area contributed by atoms with Crippen molar-refractivity contribution < 1.29 is 9.32 Å². The van der Waals surface area contributed by atoms with Crippen molar-refractivity contribution in [3.05, 3.63) is 47.6 Å². The fraction of sp³-hybridized carbons (Fsp3) is 0.500. The largest absolute Gasteiger partial charge is 0.352 e. The minimum Gasteiger partial charge on any atom is -0.352 e. The molecule has 2 aromatic rings. The first kappa shape index (κ1) is 14.4. The summed E-state index contributed by atoms with van der Waals surface area (Å²) in [5.41, 5.74) is 1.08. The lowest BCUT2D eigenvalue weighted by Gasteiger charge is -2.16.